The van der Waals surface area contributed by atoms with Gasteiger partial charge in [-0.2, -0.15) is 0 Å². The van der Waals surface area contributed by atoms with Gasteiger partial charge >= 0.3 is 0 Å². The van der Waals surface area contributed by atoms with Crippen LogP contribution in [-0.2, 0) is 4.79 Å². The Labute approximate surface area is 122 Å². The maximum Gasteiger partial charge on any atom is 0.256 e. The highest BCUT2D eigenvalue weighted by atomic mass is 35.5. The lowest BCUT2D eigenvalue weighted by Gasteiger charge is -2.21. The molecule has 0 unspecified atom stereocenters. The number of carbonyl (C=O) groups is 2. The van der Waals surface area contributed by atoms with Crippen molar-refractivity contribution in [2.24, 2.45) is 0 Å². The van der Waals surface area contributed by atoms with Gasteiger partial charge in [0.2, 0.25) is 0 Å². The van der Waals surface area contributed by atoms with Gasteiger partial charge in [-0.15, -0.1) is 0 Å². The first-order valence-electron chi connectivity index (χ1n) is 6.52. The van der Waals surface area contributed by atoms with Crippen LogP contribution >= 0.6 is 11.6 Å². The van der Waals surface area contributed by atoms with Crippen molar-refractivity contribution in [1.29, 1.82) is 0 Å². The number of rotatable bonds is 3. The molecule has 0 saturated heterocycles. The molecule has 3 N–H and O–H groups in total. The van der Waals surface area contributed by atoms with Crippen molar-refractivity contribution >= 4 is 29.1 Å². The summed E-state index contributed by atoms with van der Waals surface area (Å²) in [4.78, 5) is 23.7. The van der Waals surface area contributed by atoms with Gasteiger partial charge in [-0.25, -0.2) is 0 Å². The van der Waals surface area contributed by atoms with Crippen molar-refractivity contribution in [3.8, 4) is 0 Å². The summed E-state index contributed by atoms with van der Waals surface area (Å²) >= 11 is 5.94. The van der Waals surface area contributed by atoms with E-state index in [2.05, 4.69) is 10.6 Å². The van der Waals surface area contributed by atoms with Crippen LogP contribution in [0, 0.1) is 0 Å². The molecule has 108 valence electrons. The summed E-state index contributed by atoms with van der Waals surface area (Å²) in [7, 11) is 1.51. The minimum atomic E-state index is -1.30. The predicted octanol–water partition coefficient (Wildman–Crippen LogP) is 1.94. The Kier molecular flexibility index (Phi) is 4.30. The van der Waals surface area contributed by atoms with Gasteiger partial charge in [-0.3, -0.25) is 9.59 Å². The lowest BCUT2D eigenvalue weighted by atomic mass is 10.0. The molecule has 0 heterocycles. The van der Waals surface area contributed by atoms with Gasteiger partial charge < -0.3 is 15.7 Å². The summed E-state index contributed by atoms with van der Waals surface area (Å²) in [5.41, 5.74) is -0.573. The van der Waals surface area contributed by atoms with E-state index in [1.165, 1.54) is 13.1 Å². The molecule has 1 saturated carbocycles. The standard InChI is InChI=1S/C14H17ClN2O3/c1-16-12(18)10-8-9(4-5-11(10)15)17-13(19)14(20)6-2-3-7-14/h4-5,8,20H,2-3,6-7H2,1H3,(H,16,18)(H,17,19). The summed E-state index contributed by atoms with van der Waals surface area (Å²) in [5, 5.41) is 15.6. The van der Waals surface area contributed by atoms with Crippen molar-refractivity contribution in [2.75, 3.05) is 12.4 Å². The summed E-state index contributed by atoms with van der Waals surface area (Å²) < 4.78 is 0. The first-order chi connectivity index (χ1) is 9.46. The molecule has 1 aromatic rings. The molecule has 6 heteroatoms. The van der Waals surface area contributed by atoms with Crippen LogP contribution < -0.4 is 10.6 Å². The molecular weight excluding hydrogens is 280 g/mol. The highest BCUT2D eigenvalue weighted by Crippen LogP contribution is 2.31. The number of benzene rings is 1. The average molecular weight is 297 g/mol. The third kappa shape index (κ3) is 2.94. The van der Waals surface area contributed by atoms with E-state index in [-0.39, 0.29) is 11.5 Å². The van der Waals surface area contributed by atoms with Crippen LogP contribution in [0.3, 0.4) is 0 Å². The van der Waals surface area contributed by atoms with Crippen molar-refractivity contribution in [2.45, 2.75) is 31.3 Å². The molecule has 0 aliphatic heterocycles. The lowest BCUT2D eigenvalue weighted by molar-refractivity contribution is -0.133. The van der Waals surface area contributed by atoms with Crippen molar-refractivity contribution < 1.29 is 14.7 Å². The Morgan fingerprint density at radius 3 is 2.55 bits per heavy atom. The molecule has 0 atom stereocenters. The van der Waals surface area contributed by atoms with Crippen molar-refractivity contribution in [3.05, 3.63) is 28.8 Å². The third-order valence-electron chi connectivity index (χ3n) is 3.55. The maximum atomic E-state index is 12.1. The molecular formula is C14H17ClN2O3. The molecule has 1 aliphatic rings. The zero-order valence-corrected chi connectivity index (χ0v) is 12.0. The molecule has 2 amide bonds. The number of anilines is 1. The van der Waals surface area contributed by atoms with E-state index >= 15 is 0 Å². The van der Waals surface area contributed by atoms with Gasteiger partial charge in [0.05, 0.1) is 10.6 Å². The number of hydrogen-bond acceptors (Lipinski definition) is 3. The van der Waals surface area contributed by atoms with Gasteiger partial charge in [0.1, 0.15) is 5.60 Å². The largest absolute Gasteiger partial charge is 0.380 e. The Morgan fingerprint density at radius 1 is 1.30 bits per heavy atom. The zero-order chi connectivity index (χ0) is 14.8. The fourth-order valence-corrected chi connectivity index (χ4v) is 2.55. The molecule has 2 rings (SSSR count). The number of halogens is 1. The van der Waals surface area contributed by atoms with Crippen LogP contribution in [0.2, 0.25) is 5.02 Å². The normalized spacial score (nSPS) is 16.8. The quantitative estimate of drug-likeness (QED) is 0.797. The molecule has 1 fully saturated rings. The number of hydrogen-bond donors (Lipinski definition) is 3. The first kappa shape index (κ1) is 14.8. The van der Waals surface area contributed by atoms with Gasteiger partial charge in [0, 0.05) is 12.7 Å². The van der Waals surface area contributed by atoms with E-state index in [9.17, 15) is 14.7 Å². The monoisotopic (exact) mass is 296 g/mol. The number of nitrogens with one attached hydrogen (secondary N) is 2. The van der Waals surface area contributed by atoms with Gasteiger partial charge in [0.25, 0.3) is 11.8 Å². The zero-order valence-electron chi connectivity index (χ0n) is 11.2. The minimum absolute atomic E-state index is 0.283. The number of aliphatic hydroxyl groups is 1. The fraction of sp³-hybridized carbons (Fsp3) is 0.429. The van der Waals surface area contributed by atoms with E-state index in [4.69, 9.17) is 11.6 Å². The van der Waals surface area contributed by atoms with E-state index < -0.39 is 11.5 Å². The second-order valence-electron chi connectivity index (χ2n) is 4.97. The second kappa shape index (κ2) is 5.81. The highest BCUT2D eigenvalue weighted by molar-refractivity contribution is 6.34. The first-order valence-corrected chi connectivity index (χ1v) is 6.89. The Morgan fingerprint density at radius 2 is 1.95 bits per heavy atom. The summed E-state index contributed by atoms with van der Waals surface area (Å²) in [6.07, 6.45) is 2.62. The molecule has 0 bridgehead atoms. The van der Waals surface area contributed by atoms with Crippen LogP contribution in [0.5, 0.6) is 0 Å². The second-order valence-corrected chi connectivity index (χ2v) is 5.37. The van der Waals surface area contributed by atoms with Crippen LogP contribution in [0.1, 0.15) is 36.0 Å². The van der Waals surface area contributed by atoms with Crippen LogP contribution in [0.4, 0.5) is 5.69 Å². The predicted molar refractivity (Wildman–Crippen MR) is 76.9 cm³/mol. The lowest BCUT2D eigenvalue weighted by Crippen LogP contribution is -2.40. The summed E-state index contributed by atoms with van der Waals surface area (Å²) in [5.74, 6) is -0.758. The SMILES string of the molecule is CNC(=O)c1cc(NC(=O)C2(O)CCCC2)ccc1Cl. The molecule has 0 spiro atoms. The summed E-state index contributed by atoms with van der Waals surface area (Å²) in [6, 6.07) is 4.64. The van der Waals surface area contributed by atoms with Gasteiger partial charge in [0.15, 0.2) is 0 Å². The Hall–Kier alpha value is -1.59. The molecule has 5 nitrogen and oxygen atoms in total. The smallest absolute Gasteiger partial charge is 0.256 e. The van der Waals surface area contributed by atoms with E-state index in [1.807, 2.05) is 0 Å². The highest BCUT2D eigenvalue weighted by Gasteiger charge is 2.38. The molecule has 1 aromatic carbocycles. The van der Waals surface area contributed by atoms with E-state index in [0.717, 1.165) is 12.8 Å². The van der Waals surface area contributed by atoms with Gasteiger partial charge in [-0.05, 0) is 43.9 Å². The average Bonchev–Trinajstić information content (AvgIpc) is 2.88. The molecule has 0 radical (unpaired) electrons. The van der Waals surface area contributed by atoms with Gasteiger partial charge in [-0.1, -0.05) is 11.6 Å². The van der Waals surface area contributed by atoms with E-state index in [0.29, 0.717) is 23.6 Å². The van der Waals surface area contributed by atoms with Crippen molar-refractivity contribution in [1.82, 2.24) is 5.32 Å². The fourth-order valence-electron chi connectivity index (χ4n) is 2.35. The Bertz CT molecular complexity index is 539. The molecule has 1 aliphatic carbocycles. The van der Waals surface area contributed by atoms with Crippen LogP contribution in [-0.4, -0.2) is 29.6 Å². The Balaban J connectivity index is 2.17. The topological polar surface area (TPSA) is 78.4 Å². The molecule has 0 aromatic heterocycles. The van der Waals surface area contributed by atoms with Crippen LogP contribution in [0.15, 0.2) is 18.2 Å². The summed E-state index contributed by atoms with van der Waals surface area (Å²) in [6.45, 7) is 0. The minimum Gasteiger partial charge on any atom is -0.380 e. The number of amides is 2. The van der Waals surface area contributed by atoms with Crippen LogP contribution in [0.25, 0.3) is 0 Å². The maximum absolute atomic E-state index is 12.1. The van der Waals surface area contributed by atoms with E-state index in [1.54, 1.807) is 12.1 Å². The van der Waals surface area contributed by atoms with Crippen molar-refractivity contribution in [3.63, 3.8) is 0 Å². The number of carbonyl (C=O) groups excluding carboxylic acids is 2. The molecule has 20 heavy (non-hydrogen) atoms. The third-order valence-corrected chi connectivity index (χ3v) is 3.88.